The number of esters is 1. The van der Waals surface area contributed by atoms with Crippen LogP contribution in [0, 0.1) is 0 Å². The normalized spacial score (nSPS) is 9.31. The van der Waals surface area contributed by atoms with E-state index in [1.165, 1.54) is 0 Å². The average Bonchev–Trinajstić information content (AvgIpc) is 2.09. The summed E-state index contributed by atoms with van der Waals surface area (Å²) in [5.41, 5.74) is 0.926. The molecule has 0 saturated carbocycles. The molecule has 0 spiro atoms. The van der Waals surface area contributed by atoms with Gasteiger partial charge in [-0.25, -0.2) is 0 Å². The number of hydrogen-bond acceptors (Lipinski definition) is 2. The van der Waals surface area contributed by atoms with Crippen molar-refractivity contribution in [1.82, 2.24) is 0 Å². The number of carbonyl (C=O) groups is 1. The highest BCUT2D eigenvalue weighted by Gasteiger charge is 2.02. The van der Waals surface area contributed by atoms with Crippen LogP contribution in [0.1, 0.15) is 5.56 Å². The van der Waals surface area contributed by atoms with E-state index in [1.807, 2.05) is 24.3 Å². The third kappa shape index (κ3) is 3.42. The number of halogens is 1. The van der Waals surface area contributed by atoms with Crippen molar-refractivity contribution in [3.05, 3.63) is 47.1 Å². The molecule has 13 heavy (non-hydrogen) atoms. The predicted octanol–water partition coefficient (Wildman–Crippen LogP) is 2.68. The molecule has 0 amide bonds. The van der Waals surface area contributed by atoms with Crippen molar-refractivity contribution in [3.63, 3.8) is 0 Å². The molecule has 1 rings (SSSR count). The zero-order valence-electron chi connectivity index (χ0n) is 7.00. The molecule has 1 aromatic carbocycles. The van der Waals surface area contributed by atoms with E-state index in [4.69, 9.17) is 0 Å². The van der Waals surface area contributed by atoms with Gasteiger partial charge in [-0.05, 0) is 17.7 Å². The first-order valence-corrected chi connectivity index (χ1v) is 4.56. The number of benzene rings is 1. The Kier molecular flexibility index (Phi) is 3.71. The molecule has 0 radical (unpaired) electrons. The zero-order chi connectivity index (χ0) is 9.68. The van der Waals surface area contributed by atoms with Gasteiger partial charge in [-0.15, -0.1) is 0 Å². The highest BCUT2D eigenvalue weighted by Crippen LogP contribution is 2.11. The third-order valence-electron chi connectivity index (χ3n) is 1.48. The molecule has 0 heterocycles. The summed E-state index contributed by atoms with van der Waals surface area (Å²) >= 11 is 3.31. The van der Waals surface area contributed by atoms with Gasteiger partial charge >= 0.3 is 5.97 Å². The summed E-state index contributed by atoms with van der Waals surface area (Å²) in [5.74, 6) is -0.294. The van der Waals surface area contributed by atoms with E-state index in [0.29, 0.717) is 0 Å². The van der Waals surface area contributed by atoms with Gasteiger partial charge in [0.2, 0.25) is 0 Å². The lowest BCUT2D eigenvalue weighted by atomic mass is 10.2. The second-order valence-electron chi connectivity index (χ2n) is 2.46. The molecule has 0 fully saturated rings. The predicted molar refractivity (Wildman–Crippen MR) is 54.1 cm³/mol. The van der Waals surface area contributed by atoms with Gasteiger partial charge < -0.3 is 4.74 Å². The maximum atomic E-state index is 11.0. The van der Waals surface area contributed by atoms with E-state index in [-0.39, 0.29) is 12.4 Å². The number of rotatable bonds is 3. The maximum Gasteiger partial charge on any atom is 0.315 e. The molecular formula is C10H9BrO2. The van der Waals surface area contributed by atoms with Gasteiger partial charge in [0.25, 0.3) is 0 Å². The molecule has 0 aromatic heterocycles. The van der Waals surface area contributed by atoms with Gasteiger partial charge in [0.15, 0.2) is 0 Å². The van der Waals surface area contributed by atoms with Gasteiger partial charge in [-0.3, -0.25) is 4.79 Å². The molecule has 1 aromatic rings. The first kappa shape index (κ1) is 9.99. The summed E-state index contributed by atoms with van der Waals surface area (Å²) in [7, 11) is 0. The molecule has 0 atom stereocenters. The van der Waals surface area contributed by atoms with Crippen LogP contribution in [-0.4, -0.2) is 5.97 Å². The molecule has 0 aliphatic heterocycles. The van der Waals surface area contributed by atoms with Crippen LogP contribution >= 0.6 is 15.9 Å². The Labute approximate surface area is 85.3 Å². The Morgan fingerprint density at radius 2 is 2.08 bits per heavy atom. The fraction of sp³-hybridized carbons (Fsp3) is 0.100. The van der Waals surface area contributed by atoms with E-state index >= 15 is 0 Å². The van der Waals surface area contributed by atoms with Crippen molar-refractivity contribution in [3.8, 4) is 0 Å². The van der Waals surface area contributed by atoms with Crippen molar-refractivity contribution in [2.24, 2.45) is 0 Å². The van der Waals surface area contributed by atoms with Crippen LogP contribution in [0.5, 0.6) is 0 Å². The molecule has 0 unspecified atom stereocenters. The van der Waals surface area contributed by atoms with Gasteiger partial charge in [-0.2, -0.15) is 0 Å². The first-order valence-electron chi connectivity index (χ1n) is 3.77. The standard InChI is InChI=1S/C10H9BrO2/c1-2-13-10(12)7-8-3-5-9(11)6-4-8/h2-6H,1,7H2. The Hall–Kier alpha value is -1.09. The summed E-state index contributed by atoms with van der Waals surface area (Å²) < 4.78 is 5.58. The molecule has 0 aliphatic rings. The lowest BCUT2D eigenvalue weighted by molar-refractivity contribution is -0.137. The Bertz CT molecular complexity index is 303. The van der Waals surface area contributed by atoms with E-state index in [2.05, 4.69) is 27.2 Å². The maximum absolute atomic E-state index is 11.0. The summed E-state index contributed by atoms with van der Waals surface area (Å²) in [4.78, 5) is 11.0. The summed E-state index contributed by atoms with van der Waals surface area (Å²) in [6.45, 7) is 3.31. The molecular weight excluding hydrogens is 232 g/mol. The quantitative estimate of drug-likeness (QED) is 0.600. The minimum Gasteiger partial charge on any atom is -0.435 e. The van der Waals surface area contributed by atoms with E-state index in [0.717, 1.165) is 16.3 Å². The SMILES string of the molecule is C=COC(=O)Cc1ccc(Br)cc1. The summed E-state index contributed by atoms with van der Waals surface area (Å²) in [5, 5.41) is 0. The van der Waals surface area contributed by atoms with E-state index in [1.54, 1.807) is 0 Å². The van der Waals surface area contributed by atoms with E-state index < -0.39 is 0 Å². The molecule has 0 bridgehead atoms. The van der Waals surface area contributed by atoms with Gasteiger partial charge in [0.1, 0.15) is 0 Å². The molecule has 0 aliphatic carbocycles. The second kappa shape index (κ2) is 4.82. The highest BCUT2D eigenvalue weighted by atomic mass is 79.9. The Balaban J connectivity index is 2.59. The third-order valence-corrected chi connectivity index (χ3v) is 2.01. The van der Waals surface area contributed by atoms with Gasteiger partial charge in [-0.1, -0.05) is 34.6 Å². The molecule has 68 valence electrons. The fourth-order valence-corrected chi connectivity index (χ4v) is 1.17. The van der Waals surface area contributed by atoms with Crippen molar-refractivity contribution in [2.45, 2.75) is 6.42 Å². The van der Waals surface area contributed by atoms with Crippen LogP contribution in [0.25, 0.3) is 0 Å². The van der Waals surface area contributed by atoms with Crippen molar-refractivity contribution < 1.29 is 9.53 Å². The zero-order valence-corrected chi connectivity index (χ0v) is 8.58. The Morgan fingerprint density at radius 3 is 2.62 bits per heavy atom. The monoisotopic (exact) mass is 240 g/mol. The van der Waals surface area contributed by atoms with Crippen LogP contribution < -0.4 is 0 Å². The largest absolute Gasteiger partial charge is 0.435 e. The van der Waals surface area contributed by atoms with Crippen molar-refractivity contribution >= 4 is 21.9 Å². The van der Waals surface area contributed by atoms with Crippen LogP contribution in [0.3, 0.4) is 0 Å². The van der Waals surface area contributed by atoms with Gasteiger partial charge in [0, 0.05) is 4.47 Å². The Morgan fingerprint density at radius 1 is 1.46 bits per heavy atom. The highest BCUT2D eigenvalue weighted by molar-refractivity contribution is 9.10. The van der Waals surface area contributed by atoms with Gasteiger partial charge in [0.05, 0.1) is 12.7 Å². The molecule has 0 saturated heterocycles. The first-order chi connectivity index (χ1) is 6.22. The summed E-state index contributed by atoms with van der Waals surface area (Å²) in [6.07, 6.45) is 1.42. The average molecular weight is 241 g/mol. The smallest absolute Gasteiger partial charge is 0.315 e. The minimum absolute atomic E-state index is 0.277. The van der Waals surface area contributed by atoms with Crippen molar-refractivity contribution in [1.29, 1.82) is 0 Å². The van der Waals surface area contributed by atoms with E-state index in [9.17, 15) is 4.79 Å². The number of ether oxygens (including phenoxy) is 1. The van der Waals surface area contributed by atoms with Crippen LogP contribution in [0.2, 0.25) is 0 Å². The van der Waals surface area contributed by atoms with Crippen LogP contribution in [0.4, 0.5) is 0 Å². The molecule has 3 heteroatoms. The minimum atomic E-state index is -0.294. The summed E-state index contributed by atoms with van der Waals surface area (Å²) in [6, 6.07) is 7.51. The van der Waals surface area contributed by atoms with Crippen LogP contribution in [0.15, 0.2) is 41.6 Å². The fourth-order valence-electron chi connectivity index (χ4n) is 0.904. The molecule has 0 N–H and O–H groups in total. The second-order valence-corrected chi connectivity index (χ2v) is 3.38. The topological polar surface area (TPSA) is 26.3 Å². The van der Waals surface area contributed by atoms with Crippen LogP contribution in [-0.2, 0) is 16.0 Å². The lowest BCUT2D eigenvalue weighted by Crippen LogP contribution is -2.03. The number of hydrogen-bond donors (Lipinski definition) is 0. The molecule has 2 nitrogen and oxygen atoms in total. The number of carbonyl (C=O) groups excluding carboxylic acids is 1. The van der Waals surface area contributed by atoms with Crippen molar-refractivity contribution in [2.75, 3.05) is 0 Å². The lowest BCUT2D eigenvalue weighted by Gasteiger charge is -1.99.